The molecule has 1 aromatic heterocycles. The molecular formula is C17H19NO4S2. The number of rotatable bonds is 7. The van der Waals surface area contributed by atoms with Gasteiger partial charge in [0.15, 0.2) is 9.84 Å². The second kappa shape index (κ2) is 6.94. The van der Waals surface area contributed by atoms with Crippen molar-refractivity contribution in [2.45, 2.75) is 23.0 Å². The molecule has 1 aliphatic carbocycles. The zero-order valence-electron chi connectivity index (χ0n) is 13.3. The minimum atomic E-state index is -3.61. The Morgan fingerprint density at radius 2 is 2.00 bits per heavy atom. The van der Waals surface area contributed by atoms with Gasteiger partial charge in [0, 0.05) is 17.3 Å². The van der Waals surface area contributed by atoms with Crippen molar-refractivity contribution in [3.8, 4) is 5.75 Å². The van der Waals surface area contributed by atoms with Crippen LogP contribution in [0.4, 0.5) is 0 Å². The van der Waals surface area contributed by atoms with E-state index in [1.54, 1.807) is 18.2 Å². The van der Waals surface area contributed by atoms with Crippen LogP contribution in [-0.4, -0.2) is 28.0 Å². The zero-order chi connectivity index (χ0) is 17.2. The average Bonchev–Trinajstić information content (AvgIpc) is 3.31. The molecule has 0 aliphatic heterocycles. The van der Waals surface area contributed by atoms with Crippen molar-refractivity contribution in [1.29, 1.82) is 0 Å². The number of carbonyl (C=O) groups is 1. The number of thiophene rings is 1. The molecule has 24 heavy (non-hydrogen) atoms. The van der Waals surface area contributed by atoms with Gasteiger partial charge in [0.2, 0.25) is 5.91 Å². The fraction of sp³-hybridized carbons (Fsp3) is 0.353. The Bertz CT molecular complexity index is 794. The van der Waals surface area contributed by atoms with Crippen molar-refractivity contribution in [1.82, 2.24) is 5.32 Å². The van der Waals surface area contributed by atoms with Crippen LogP contribution in [0.3, 0.4) is 0 Å². The number of methoxy groups -OCH3 is 1. The van der Waals surface area contributed by atoms with Crippen LogP contribution in [0.25, 0.3) is 0 Å². The summed E-state index contributed by atoms with van der Waals surface area (Å²) in [7, 11) is -2.08. The first-order valence-electron chi connectivity index (χ1n) is 7.71. The number of nitrogens with one attached hydrogen (secondary N) is 1. The van der Waals surface area contributed by atoms with Crippen LogP contribution in [0.15, 0.2) is 46.7 Å². The number of benzene rings is 1. The first-order valence-corrected chi connectivity index (χ1v) is 10.1. The van der Waals surface area contributed by atoms with E-state index in [9.17, 15) is 13.2 Å². The van der Waals surface area contributed by atoms with Gasteiger partial charge in [-0.15, -0.1) is 11.3 Å². The van der Waals surface area contributed by atoms with Gasteiger partial charge in [-0.05, 0) is 48.6 Å². The maximum atomic E-state index is 13.0. The number of hydrogen-bond acceptors (Lipinski definition) is 5. The Hall–Kier alpha value is -1.86. The Balaban J connectivity index is 1.86. The van der Waals surface area contributed by atoms with Gasteiger partial charge < -0.3 is 10.1 Å². The molecule has 5 nitrogen and oxygen atoms in total. The van der Waals surface area contributed by atoms with Gasteiger partial charge >= 0.3 is 0 Å². The van der Waals surface area contributed by atoms with E-state index < -0.39 is 15.1 Å². The topological polar surface area (TPSA) is 72.5 Å². The predicted octanol–water partition coefficient (Wildman–Crippen LogP) is 2.80. The van der Waals surface area contributed by atoms with Crippen LogP contribution in [0.5, 0.6) is 5.75 Å². The molecule has 1 aliphatic rings. The third-order valence-electron chi connectivity index (χ3n) is 4.03. The molecule has 1 saturated carbocycles. The maximum Gasteiger partial charge on any atom is 0.223 e. The van der Waals surface area contributed by atoms with E-state index in [2.05, 4.69) is 5.32 Å². The molecular weight excluding hydrogens is 346 g/mol. The Labute approximate surface area is 145 Å². The van der Waals surface area contributed by atoms with Gasteiger partial charge in [-0.3, -0.25) is 4.79 Å². The number of carbonyl (C=O) groups excluding carboxylic acids is 1. The molecule has 1 unspecified atom stereocenters. The first-order chi connectivity index (χ1) is 11.5. The summed E-state index contributed by atoms with van der Waals surface area (Å²) in [5.74, 6) is 0.600. The molecule has 128 valence electrons. The van der Waals surface area contributed by atoms with Crippen molar-refractivity contribution in [2.75, 3.05) is 13.7 Å². The summed E-state index contributed by atoms with van der Waals surface area (Å²) in [5, 5.41) is 3.85. The predicted molar refractivity (Wildman–Crippen MR) is 93.0 cm³/mol. The van der Waals surface area contributed by atoms with E-state index in [-0.39, 0.29) is 23.3 Å². The molecule has 3 rings (SSSR count). The van der Waals surface area contributed by atoms with Crippen molar-refractivity contribution < 1.29 is 17.9 Å². The fourth-order valence-electron chi connectivity index (χ4n) is 2.45. The average molecular weight is 365 g/mol. The number of sulfone groups is 1. The van der Waals surface area contributed by atoms with Crippen LogP contribution >= 0.6 is 11.3 Å². The maximum absolute atomic E-state index is 13.0. The Morgan fingerprint density at radius 1 is 1.29 bits per heavy atom. The standard InChI is InChI=1S/C17H19NO4S2/c1-22-13-6-8-14(9-7-13)24(20,21)16(15-3-2-10-23-15)11-18-17(19)12-4-5-12/h2-3,6-10,12,16H,4-5,11H2,1H3,(H,18,19). The highest BCUT2D eigenvalue weighted by molar-refractivity contribution is 7.91. The SMILES string of the molecule is COc1ccc(S(=O)(=O)C(CNC(=O)C2CC2)c2cccs2)cc1. The van der Waals surface area contributed by atoms with Gasteiger partial charge in [-0.2, -0.15) is 0 Å². The summed E-state index contributed by atoms with van der Waals surface area (Å²) in [5.41, 5.74) is 0. The summed E-state index contributed by atoms with van der Waals surface area (Å²) >= 11 is 1.38. The lowest BCUT2D eigenvalue weighted by Crippen LogP contribution is -2.32. The summed E-state index contributed by atoms with van der Waals surface area (Å²) in [6, 6.07) is 9.94. The molecule has 7 heteroatoms. The second-order valence-electron chi connectivity index (χ2n) is 5.74. The third-order valence-corrected chi connectivity index (χ3v) is 7.27. The largest absolute Gasteiger partial charge is 0.497 e. The van der Waals surface area contributed by atoms with E-state index >= 15 is 0 Å². The van der Waals surface area contributed by atoms with Gasteiger partial charge in [-0.1, -0.05) is 6.07 Å². The van der Waals surface area contributed by atoms with Crippen LogP contribution < -0.4 is 10.1 Å². The van der Waals surface area contributed by atoms with E-state index in [0.717, 1.165) is 17.7 Å². The minimum absolute atomic E-state index is 0.0534. The first kappa shape index (κ1) is 17.0. The minimum Gasteiger partial charge on any atom is -0.497 e. The summed E-state index contributed by atoms with van der Waals surface area (Å²) in [6.07, 6.45) is 1.78. The highest BCUT2D eigenvalue weighted by Crippen LogP contribution is 2.33. The number of hydrogen-bond donors (Lipinski definition) is 1. The summed E-state index contributed by atoms with van der Waals surface area (Å²) in [6.45, 7) is 0.0875. The zero-order valence-corrected chi connectivity index (χ0v) is 14.9. The van der Waals surface area contributed by atoms with Crippen LogP contribution in [0, 0.1) is 5.92 Å². The normalized spacial score (nSPS) is 15.7. The fourth-order valence-corrected chi connectivity index (χ4v) is 5.23. The number of amides is 1. The molecule has 2 aromatic rings. The lowest BCUT2D eigenvalue weighted by molar-refractivity contribution is -0.122. The molecule has 1 aromatic carbocycles. The molecule has 0 spiro atoms. The van der Waals surface area contributed by atoms with Crippen molar-refractivity contribution in [3.63, 3.8) is 0 Å². The van der Waals surface area contributed by atoms with Crippen LogP contribution in [-0.2, 0) is 14.6 Å². The molecule has 1 fully saturated rings. The van der Waals surface area contributed by atoms with E-state index in [1.165, 1.54) is 30.6 Å². The van der Waals surface area contributed by atoms with E-state index in [4.69, 9.17) is 4.74 Å². The lowest BCUT2D eigenvalue weighted by atomic mass is 10.3. The molecule has 0 bridgehead atoms. The van der Waals surface area contributed by atoms with Crippen LogP contribution in [0.1, 0.15) is 23.0 Å². The lowest BCUT2D eigenvalue weighted by Gasteiger charge is -2.17. The van der Waals surface area contributed by atoms with Crippen molar-refractivity contribution in [3.05, 3.63) is 46.7 Å². The quantitative estimate of drug-likeness (QED) is 0.819. The van der Waals surface area contributed by atoms with E-state index in [0.29, 0.717) is 5.75 Å². The van der Waals surface area contributed by atoms with Gasteiger partial charge in [0.05, 0.1) is 12.0 Å². The second-order valence-corrected chi connectivity index (χ2v) is 8.85. The Kier molecular flexibility index (Phi) is 4.91. The molecule has 1 N–H and O–H groups in total. The van der Waals surface area contributed by atoms with Gasteiger partial charge in [-0.25, -0.2) is 8.42 Å². The van der Waals surface area contributed by atoms with Crippen molar-refractivity contribution in [2.24, 2.45) is 5.92 Å². The van der Waals surface area contributed by atoms with Crippen molar-refractivity contribution >= 4 is 27.1 Å². The van der Waals surface area contributed by atoms with Gasteiger partial charge in [0.1, 0.15) is 11.0 Å². The Morgan fingerprint density at radius 3 is 2.54 bits per heavy atom. The molecule has 1 heterocycles. The summed E-state index contributed by atoms with van der Waals surface area (Å²) in [4.78, 5) is 12.9. The monoisotopic (exact) mass is 365 g/mol. The highest BCUT2D eigenvalue weighted by Gasteiger charge is 2.33. The van der Waals surface area contributed by atoms with Crippen LogP contribution in [0.2, 0.25) is 0 Å². The smallest absolute Gasteiger partial charge is 0.223 e. The molecule has 0 radical (unpaired) electrons. The number of ether oxygens (including phenoxy) is 1. The third kappa shape index (κ3) is 3.62. The van der Waals surface area contributed by atoms with E-state index in [1.807, 2.05) is 11.4 Å². The molecule has 0 saturated heterocycles. The highest BCUT2D eigenvalue weighted by atomic mass is 32.2. The summed E-state index contributed by atoms with van der Waals surface area (Å²) < 4.78 is 31.2. The molecule has 1 atom stereocenters. The van der Waals surface area contributed by atoms with Gasteiger partial charge in [0.25, 0.3) is 0 Å². The molecule has 1 amide bonds.